The molecular formula is C8H10ClNO3S. The van der Waals surface area contributed by atoms with E-state index < -0.39 is 16.8 Å². The smallest absolute Gasteiger partial charge is 0.327 e. The van der Waals surface area contributed by atoms with Gasteiger partial charge in [0, 0.05) is 5.88 Å². The van der Waals surface area contributed by atoms with Gasteiger partial charge in [0.25, 0.3) is 0 Å². The highest BCUT2D eigenvalue weighted by molar-refractivity contribution is 8.01. The molecule has 2 rings (SSSR count). The standard InChI is InChI=1S/C8H10ClNO3S/c1-8(3-9)6(7(12)13)10-4(11)2-5(10)14-8/h5-6H,2-3H2,1H3,(H,12,13)/t5-,6+,8-/m1/s1. The molecule has 2 aliphatic rings. The number of carboxylic acids is 1. The van der Waals surface area contributed by atoms with Crippen molar-refractivity contribution in [1.82, 2.24) is 4.90 Å². The summed E-state index contributed by atoms with van der Waals surface area (Å²) < 4.78 is -0.551. The number of carbonyl (C=O) groups excluding carboxylic acids is 1. The van der Waals surface area contributed by atoms with Crippen molar-refractivity contribution in [3.63, 3.8) is 0 Å². The molecule has 0 aromatic carbocycles. The van der Waals surface area contributed by atoms with Crippen molar-refractivity contribution < 1.29 is 14.7 Å². The van der Waals surface area contributed by atoms with Crippen molar-refractivity contribution in [3.05, 3.63) is 0 Å². The highest BCUT2D eigenvalue weighted by Gasteiger charge is 2.60. The number of β-lactam (4-membered cyclic amide) rings is 1. The van der Waals surface area contributed by atoms with Crippen LogP contribution in [-0.4, -0.2) is 43.9 Å². The molecule has 1 N–H and O–H groups in total. The zero-order valence-electron chi connectivity index (χ0n) is 7.57. The van der Waals surface area contributed by atoms with Crippen molar-refractivity contribution in [1.29, 1.82) is 0 Å². The SMILES string of the molecule is C[C@]1(CCl)S[C@@H]2CC(=O)N2[C@H]1C(=O)O. The third kappa shape index (κ3) is 1.15. The molecule has 0 bridgehead atoms. The predicted molar refractivity (Wildman–Crippen MR) is 53.4 cm³/mol. The molecule has 2 saturated heterocycles. The highest BCUT2D eigenvalue weighted by atomic mass is 35.5. The molecule has 1 amide bonds. The summed E-state index contributed by atoms with van der Waals surface area (Å²) >= 11 is 7.27. The molecule has 14 heavy (non-hydrogen) atoms. The molecule has 0 aromatic rings. The molecule has 78 valence electrons. The molecule has 6 heteroatoms. The second kappa shape index (κ2) is 3.03. The van der Waals surface area contributed by atoms with E-state index in [4.69, 9.17) is 16.7 Å². The van der Waals surface area contributed by atoms with Gasteiger partial charge in [-0.3, -0.25) is 4.79 Å². The van der Waals surface area contributed by atoms with Crippen LogP contribution in [0.2, 0.25) is 0 Å². The minimum Gasteiger partial charge on any atom is -0.480 e. The molecular weight excluding hydrogens is 226 g/mol. The number of aliphatic carboxylic acids is 1. The third-order valence-corrected chi connectivity index (χ3v) is 4.99. The van der Waals surface area contributed by atoms with Gasteiger partial charge >= 0.3 is 5.97 Å². The summed E-state index contributed by atoms with van der Waals surface area (Å²) in [7, 11) is 0. The lowest BCUT2D eigenvalue weighted by molar-refractivity contribution is -0.157. The van der Waals surface area contributed by atoms with E-state index in [1.807, 2.05) is 0 Å². The zero-order chi connectivity index (χ0) is 10.5. The van der Waals surface area contributed by atoms with Gasteiger partial charge in [-0.2, -0.15) is 0 Å². The zero-order valence-corrected chi connectivity index (χ0v) is 9.14. The van der Waals surface area contributed by atoms with E-state index >= 15 is 0 Å². The second-order valence-electron chi connectivity index (χ2n) is 3.76. The third-order valence-electron chi connectivity index (χ3n) is 2.71. The molecule has 0 aliphatic carbocycles. The van der Waals surface area contributed by atoms with Crippen LogP contribution in [0.5, 0.6) is 0 Å². The summed E-state index contributed by atoms with van der Waals surface area (Å²) in [5.74, 6) is -0.797. The number of halogens is 1. The number of carboxylic acid groups (broad SMARTS) is 1. The van der Waals surface area contributed by atoms with Gasteiger partial charge < -0.3 is 10.0 Å². The fraction of sp³-hybridized carbons (Fsp3) is 0.750. The van der Waals surface area contributed by atoms with Crippen LogP contribution in [0.3, 0.4) is 0 Å². The van der Waals surface area contributed by atoms with Crippen LogP contribution in [0.4, 0.5) is 0 Å². The van der Waals surface area contributed by atoms with Gasteiger partial charge in [-0.25, -0.2) is 4.79 Å². The van der Waals surface area contributed by atoms with E-state index in [2.05, 4.69) is 0 Å². The molecule has 2 heterocycles. The highest BCUT2D eigenvalue weighted by Crippen LogP contribution is 2.51. The maximum absolute atomic E-state index is 11.2. The van der Waals surface area contributed by atoms with Gasteiger partial charge in [0.2, 0.25) is 5.91 Å². The topological polar surface area (TPSA) is 57.6 Å². The Hall–Kier alpha value is -0.420. The lowest BCUT2D eigenvalue weighted by Gasteiger charge is -2.36. The fourth-order valence-corrected chi connectivity index (χ4v) is 3.91. The number of nitrogens with zero attached hydrogens (tertiary/aromatic N) is 1. The summed E-state index contributed by atoms with van der Waals surface area (Å²) in [6.07, 6.45) is 0.445. The summed E-state index contributed by atoms with van der Waals surface area (Å²) in [5.41, 5.74) is 0. The number of hydrogen-bond donors (Lipinski definition) is 1. The fourth-order valence-electron chi connectivity index (χ4n) is 1.96. The van der Waals surface area contributed by atoms with E-state index in [0.717, 1.165) is 0 Å². The van der Waals surface area contributed by atoms with E-state index in [-0.39, 0.29) is 17.2 Å². The molecule has 2 fully saturated rings. The summed E-state index contributed by atoms with van der Waals surface area (Å²) in [6, 6.07) is -0.767. The molecule has 0 radical (unpaired) electrons. The normalized spacial score (nSPS) is 40.7. The number of alkyl halides is 1. The van der Waals surface area contributed by atoms with Gasteiger partial charge in [0.15, 0.2) is 0 Å². The summed E-state index contributed by atoms with van der Waals surface area (Å²) in [6.45, 7) is 1.80. The maximum atomic E-state index is 11.2. The number of rotatable bonds is 2. The Bertz CT molecular complexity index is 311. The lowest BCUT2D eigenvalue weighted by Crippen LogP contribution is -2.57. The Kier molecular flexibility index (Phi) is 2.19. The van der Waals surface area contributed by atoms with Crippen LogP contribution in [0.15, 0.2) is 0 Å². The average Bonchev–Trinajstić information content (AvgIpc) is 2.35. The summed E-state index contributed by atoms with van der Waals surface area (Å²) in [5, 5.41) is 9.07. The lowest BCUT2D eigenvalue weighted by atomic mass is 9.98. The molecule has 0 aromatic heterocycles. The Labute approximate surface area is 90.6 Å². The monoisotopic (exact) mass is 235 g/mol. The van der Waals surface area contributed by atoms with Gasteiger partial charge in [0.05, 0.1) is 16.5 Å². The van der Waals surface area contributed by atoms with Crippen LogP contribution in [-0.2, 0) is 9.59 Å². The number of carbonyl (C=O) groups is 2. The van der Waals surface area contributed by atoms with E-state index in [1.165, 1.54) is 16.7 Å². The predicted octanol–water partition coefficient (Wildman–Crippen LogP) is 0.742. The van der Waals surface area contributed by atoms with Crippen LogP contribution in [0, 0.1) is 0 Å². The van der Waals surface area contributed by atoms with Gasteiger partial charge in [-0.05, 0) is 6.92 Å². The maximum Gasteiger partial charge on any atom is 0.327 e. The number of hydrogen-bond acceptors (Lipinski definition) is 3. The van der Waals surface area contributed by atoms with Gasteiger partial charge in [-0.15, -0.1) is 23.4 Å². The van der Waals surface area contributed by atoms with Crippen molar-refractivity contribution in [2.45, 2.75) is 29.5 Å². The Balaban J connectivity index is 2.31. The molecule has 3 atom stereocenters. The van der Waals surface area contributed by atoms with Gasteiger partial charge in [-0.1, -0.05) is 0 Å². The Morgan fingerprint density at radius 2 is 2.50 bits per heavy atom. The van der Waals surface area contributed by atoms with Crippen molar-refractivity contribution in [2.24, 2.45) is 0 Å². The van der Waals surface area contributed by atoms with Crippen LogP contribution in [0.25, 0.3) is 0 Å². The van der Waals surface area contributed by atoms with Crippen molar-refractivity contribution in [3.8, 4) is 0 Å². The molecule has 4 nitrogen and oxygen atoms in total. The Morgan fingerprint density at radius 3 is 2.93 bits per heavy atom. The number of amides is 1. The van der Waals surface area contributed by atoms with Crippen molar-refractivity contribution in [2.75, 3.05) is 5.88 Å². The van der Waals surface area contributed by atoms with Crippen molar-refractivity contribution >= 4 is 35.2 Å². The minimum absolute atomic E-state index is 0.0207. The molecule has 0 unspecified atom stereocenters. The first-order chi connectivity index (χ1) is 6.49. The molecule has 0 saturated carbocycles. The summed E-state index contributed by atoms with van der Waals surface area (Å²) in [4.78, 5) is 23.7. The first-order valence-electron chi connectivity index (χ1n) is 4.27. The van der Waals surface area contributed by atoms with Crippen LogP contribution in [0.1, 0.15) is 13.3 Å². The van der Waals surface area contributed by atoms with Gasteiger partial charge in [0.1, 0.15) is 6.04 Å². The quantitative estimate of drug-likeness (QED) is 0.567. The van der Waals surface area contributed by atoms with E-state index in [0.29, 0.717) is 6.42 Å². The number of thioether (sulfide) groups is 1. The molecule has 0 spiro atoms. The minimum atomic E-state index is -0.962. The average molecular weight is 236 g/mol. The van der Waals surface area contributed by atoms with Crippen LogP contribution < -0.4 is 0 Å². The van der Waals surface area contributed by atoms with E-state index in [1.54, 1.807) is 6.92 Å². The molecule has 2 aliphatic heterocycles. The first-order valence-corrected chi connectivity index (χ1v) is 5.69. The van der Waals surface area contributed by atoms with E-state index in [9.17, 15) is 9.59 Å². The second-order valence-corrected chi connectivity index (χ2v) is 5.74. The first kappa shape index (κ1) is 10.1. The Morgan fingerprint density at radius 1 is 1.86 bits per heavy atom. The van der Waals surface area contributed by atoms with Crippen LogP contribution >= 0.6 is 23.4 Å². The number of fused-ring (bicyclic) bond motifs is 1. The largest absolute Gasteiger partial charge is 0.480 e.